The van der Waals surface area contributed by atoms with Crippen LogP contribution in [-0.4, -0.2) is 12.6 Å². The van der Waals surface area contributed by atoms with Crippen LogP contribution in [0.4, 0.5) is 0 Å². The standard InChI is InChI=1S/C18H31N/c1-14(2)19-13-17(10-11-18(4,5)6)16-9-7-8-15(3)12-16/h7-9,12,14,17,19H,10-11,13H2,1-6H3. The van der Waals surface area contributed by atoms with Crippen LogP contribution in [0.2, 0.25) is 0 Å². The molecule has 1 atom stereocenters. The van der Waals surface area contributed by atoms with Gasteiger partial charge in [0.2, 0.25) is 0 Å². The maximum Gasteiger partial charge on any atom is 0.00225 e. The lowest BCUT2D eigenvalue weighted by Crippen LogP contribution is -2.28. The summed E-state index contributed by atoms with van der Waals surface area (Å²) in [7, 11) is 0. The van der Waals surface area contributed by atoms with Gasteiger partial charge in [0.25, 0.3) is 0 Å². The Morgan fingerprint density at radius 2 is 1.84 bits per heavy atom. The minimum atomic E-state index is 0.417. The highest BCUT2D eigenvalue weighted by Crippen LogP contribution is 2.29. The van der Waals surface area contributed by atoms with Gasteiger partial charge in [-0.2, -0.15) is 0 Å². The van der Waals surface area contributed by atoms with Crippen LogP contribution in [0.15, 0.2) is 24.3 Å². The van der Waals surface area contributed by atoms with Gasteiger partial charge in [-0.25, -0.2) is 0 Å². The van der Waals surface area contributed by atoms with E-state index in [9.17, 15) is 0 Å². The quantitative estimate of drug-likeness (QED) is 0.767. The van der Waals surface area contributed by atoms with Crippen LogP contribution in [0.3, 0.4) is 0 Å². The van der Waals surface area contributed by atoms with Crippen molar-refractivity contribution in [2.75, 3.05) is 6.54 Å². The molecular weight excluding hydrogens is 230 g/mol. The predicted molar refractivity (Wildman–Crippen MR) is 85.7 cm³/mol. The summed E-state index contributed by atoms with van der Waals surface area (Å²) in [5, 5.41) is 3.60. The molecule has 0 radical (unpaired) electrons. The molecule has 0 spiro atoms. The first-order valence-corrected chi connectivity index (χ1v) is 7.58. The Morgan fingerprint density at radius 3 is 2.37 bits per heavy atom. The number of benzene rings is 1. The van der Waals surface area contributed by atoms with Crippen molar-refractivity contribution in [3.8, 4) is 0 Å². The van der Waals surface area contributed by atoms with Crippen LogP contribution in [0, 0.1) is 12.3 Å². The Bertz CT molecular complexity index is 374. The first-order valence-electron chi connectivity index (χ1n) is 7.58. The molecule has 19 heavy (non-hydrogen) atoms. The highest BCUT2D eigenvalue weighted by Gasteiger charge is 2.17. The van der Waals surface area contributed by atoms with E-state index in [4.69, 9.17) is 0 Å². The summed E-state index contributed by atoms with van der Waals surface area (Å²) < 4.78 is 0. The lowest BCUT2D eigenvalue weighted by molar-refractivity contribution is 0.342. The summed E-state index contributed by atoms with van der Waals surface area (Å²) in [6.45, 7) is 14.7. The summed E-state index contributed by atoms with van der Waals surface area (Å²) in [4.78, 5) is 0. The molecule has 1 unspecified atom stereocenters. The molecule has 1 N–H and O–H groups in total. The minimum Gasteiger partial charge on any atom is -0.314 e. The number of hydrogen-bond acceptors (Lipinski definition) is 1. The van der Waals surface area contributed by atoms with E-state index in [1.165, 1.54) is 24.0 Å². The molecule has 1 rings (SSSR count). The maximum atomic E-state index is 3.60. The van der Waals surface area contributed by atoms with Crippen molar-refractivity contribution in [1.29, 1.82) is 0 Å². The number of hydrogen-bond donors (Lipinski definition) is 1. The molecule has 0 aliphatic carbocycles. The van der Waals surface area contributed by atoms with E-state index in [1.54, 1.807) is 0 Å². The summed E-state index contributed by atoms with van der Waals surface area (Å²) in [6, 6.07) is 9.55. The molecule has 1 aromatic carbocycles. The zero-order valence-corrected chi connectivity index (χ0v) is 13.6. The van der Waals surface area contributed by atoms with E-state index in [0.29, 0.717) is 17.4 Å². The van der Waals surface area contributed by atoms with Gasteiger partial charge in [0.05, 0.1) is 0 Å². The molecule has 1 nitrogen and oxygen atoms in total. The van der Waals surface area contributed by atoms with E-state index in [2.05, 4.69) is 71.1 Å². The van der Waals surface area contributed by atoms with Gasteiger partial charge in [-0.15, -0.1) is 0 Å². The molecule has 0 heterocycles. The molecular formula is C18H31N. The van der Waals surface area contributed by atoms with Crippen molar-refractivity contribution in [2.24, 2.45) is 5.41 Å². The van der Waals surface area contributed by atoms with Gasteiger partial charge < -0.3 is 5.32 Å². The van der Waals surface area contributed by atoms with Crippen LogP contribution >= 0.6 is 0 Å². The second kappa shape index (κ2) is 7.09. The van der Waals surface area contributed by atoms with Crippen LogP contribution in [0.25, 0.3) is 0 Å². The van der Waals surface area contributed by atoms with Crippen LogP contribution in [0.1, 0.15) is 64.5 Å². The third-order valence-corrected chi connectivity index (χ3v) is 3.53. The van der Waals surface area contributed by atoms with Gasteiger partial charge in [-0.1, -0.05) is 64.4 Å². The Balaban J connectivity index is 2.73. The largest absolute Gasteiger partial charge is 0.314 e. The molecule has 0 saturated carbocycles. The molecule has 0 aromatic heterocycles. The monoisotopic (exact) mass is 261 g/mol. The molecule has 0 bridgehead atoms. The van der Waals surface area contributed by atoms with Crippen LogP contribution in [0.5, 0.6) is 0 Å². The van der Waals surface area contributed by atoms with E-state index in [1.807, 2.05) is 0 Å². The normalized spacial score (nSPS) is 13.8. The van der Waals surface area contributed by atoms with Crippen molar-refractivity contribution in [3.05, 3.63) is 35.4 Å². The third-order valence-electron chi connectivity index (χ3n) is 3.53. The maximum absolute atomic E-state index is 3.60. The van der Waals surface area contributed by atoms with Crippen molar-refractivity contribution < 1.29 is 0 Å². The average Bonchev–Trinajstić information content (AvgIpc) is 2.27. The first kappa shape index (κ1) is 16.2. The van der Waals surface area contributed by atoms with Crippen molar-refractivity contribution in [2.45, 2.75) is 66.3 Å². The molecule has 0 amide bonds. The van der Waals surface area contributed by atoms with E-state index >= 15 is 0 Å². The van der Waals surface area contributed by atoms with Crippen molar-refractivity contribution in [1.82, 2.24) is 5.32 Å². The first-order chi connectivity index (χ1) is 8.78. The van der Waals surface area contributed by atoms with Gasteiger partial charge in [0.15, 0.2) is 0 Å². The Hall–Kier alpha value is -0.820. The van der Waals surface area contributed by atoms with Gasteiger partial charge >= 0.3 is 0 Å². The second-order valence-corrected chi connectivity index (χ2v) is 7.27. The van der Waals surface area contributed by atoms with Gasteiger partial charge in [-0.3, -0.25) is 0 Å². The predicted octanol–water partition coefficient (Wildman–Crippen LogP) is 4.90. The Labute approximate surface area is 119 Å². The lowest BCUT2D eigenvalue weighted by Gasteiger charge is -2.25. The molecule has 1 heteroatoms. The average molecular weight is 261 g/mol. The topological polar surface area (TPSA) is 12.0 Å². The van der Waals surface area contributed by atoms with Gasteiger partial charge in [0, 0.05) is 12.6 Å². The van der Waals surface area contributed by atoms with Crippen LogP contribution < -0.4 is 5.32 Å². The van der Waals surface area contributed by atoms with Crippen molar-refractivity contribution >= 4 is 0 Å². The van der Waals surface area contributed by atoms with Crippen LogP contribution in [-0.2, 0) is 0 Å². The molecule has 0 saturated heterocycles. The molecule has 1 aromatic rings. The summed E-state index contributed by atoms with van der Waals surface area (Å²) in [6.07, 6.45) is 2.53. The smallest absolute Gasteiger partial charge is 0.00225 e. The summed E-state index contributed by atoms with van der Waals surface area (Å²) in [5.41, 5.74) is 3.26. The van der Waals surface area contributed by atoms with E-state index in [-0.39, 0.29) is 0 Å². The Morgan fingerprint density at radius 1 is 1.16 bits per heavy atom. The third kappa shape index (κ3) is 6.77. The Kier molecular flexibility index (Phi) is 6.06. The fourth-order valence-electron chi connectivity index (χ4n) is 2.30. The SMILES string of the molecule is Cc1cccc(C(CCC(C)(C)C)CNC(C)C)c1. The minimum absolute atomic E-state index is 0.417. The lowest BCUT2D eigenvalue weighted by atomic mass is 9.84. The highest BCUT2D eigenvalue weighted by molar-refractivity contribution is 5.25. The summed E-state index contributed by atoms with van der Waals surface area (Å²) >= 11 is 0. The number of aryl methyl sites for hydroxylation is 1. The number of rotatable bonds is 6. The van der Waals surface area contributed by atoms with E-state index in [0.717, 1.165) is 6.54 Å². The van der Waals surface area contributed by atoms with Crippen molar-refractivity contribution in [3.63, 3.8) is 0 Å². The van der Waals surface area contributed by atoms with E-state index < -0.39 is 0 Å². The fourth-order valence-corrected chi connectivity index (χ4v) is 2.30. The zero-order valence-electron chi connectivity index (χ0n) is 13.6. The fraction of sp³-hybridized carbons (Fsp3) is 0.667. The molecule has 0 aliphatic rings. The second-order valence-electron chi connectivity index (χ2n) is 7.27. The molecule has 0 fully saturated rings. The number of nitrogens with one attached hydrogen (secondary N) is 1. The van der Waals surface area contributed by atoms with Gasteiger partial charge in [0.1, 0.15) is 0 Å². The zero-order chi connectivity index (χ0) is 14.5. The highest BCUT2D eigenvalue weighted by atomic mass is 14.9. The molecule has 0 aliphatic heterocycles. The van der Waals surface area contributed by atoms with Gasteiger partial charge in [-0.05, 0) is 36.7 Å². The summed E-state index contributed by atoms with van der Waals surface area (Å²) in [5.74, 6) is 0.626. The molecule has 108 valence electrons.